The van der Waals surface area contributed by atoms with Gasteiger partial charge in [0.15, 0.2) is 5.16 Å². The summed E-state index contributed by atoms with van der Waals surface area (Å²) in [6.07, 6.45) is 1.86. The molecule has 1 heterocycles. The van der Waals surface area contributed by atoms with Crippen LogP contribution in [0, 0.1) is 16.7 Å². The van der Waals surface area contributed by atoms with Crippen LogP contribution in [0.5, 0.6) is 5.88 Å². The third-order valence-corrected chi connectivity index (χ3v) is 2.46. The summed E-state index contributed by atoms with van der Waals surface area (Å²) in [7, 11) is 0. The summed E-state index contributed by atoms with van der Waals surface area (Å²) in [6.45, 7) is 3.86. The van der Waals surface area contributed by atoms with E-state index < -0.39 is 5.41 Å². The van der Waals surface area contributed by atoms with Gasteiger partial charge in [-0.2, -0.15) is 10.2 Å². The molecule has 0 aliphatic carbocycles. The zero-order valence-electron chi connectivity index (χ0n) is 9.32. The van der Waals surface area contributed by atoms with E-state index in [9.17, 15) is 0 Å². The normalized spacial score (nSPS) is 10.9. The van der Waals surface area contributed by atoms with E-state index in [-0.39, 0.29) is 6.61 Å². The van der Waals surface area contributed by atoms with Crippen molar-refractivity contribution in [3.8, 4) is 11.9 Å². The van der Waals surface area contributed by atoms with Gasteiger partial charge in [0.1, 0.15) is 11.8 Å². The molecule has 0 aliphatic heterocycles. The van der Waals surface area contributed by atoms with Crippen LogP contribution in [0.3, 0.4) is 0 Å². The molecule has 86 valence electrons. The summed E-state index contributed by atoms with van der Waals surface area (Å²) in [5, 5.41) is 9.72. The van der Waals surface area contributed by atoms with Crippen molar-refractivity contribution < 1.29 is 4.74 Å². The van der Waals surface area contributed by atoms with Crippen LogP contribution in [-0.4, -0.2) is 22.8 Å². The lowest BCUT2D eigenvalue weighted by molar-refractivity contribution is 0.217. The van der Waals surface area contributed by atoms with E-state index in [0.29, 0.717) is 16.2 Å². The van der Waals surface area contributed by atoms with E-state index >= 15 is 0 Å². The first kappa shape index (κ1) is 13.1. The molecule has 0 aromatic carbocycles. The van der Waals surface area contributed by atoms with Crippen LogP contribution in [0.4, 0.5) is 0 Å². The minimum Gasteiger partial charge on any atom is -0.476 e. The molecule has 0 fully saturated rings. The van der Waals surface area contributed by atoms with Crippen molar-refractivity contribution in [1.82, 2.24) is 9.97 Å². The van der Waals surface area contributed by atoms with Crippen LogP contribution >= 0.6 is 23.4 Å². The Balaban J connectivity index is 2.75. The molecule has 16 heavy (non-hydrogen) atoms. The highest BCUT2D eigenvalue weighted by Crippen LogP contribution is 2.21. The molecule has 0 amide bonds. The zero-order valence-corrected chi connectivity index (χ0v) is 10.9. The quantitative estimate of drug-likeness (QED) is 0.472. The number of ether oxygens (including phenoxy) is 1. The van der Waals surface area contributed by atoms with Crippen molar-refractivity contribution in [2.24, 2.45) is 5.41 Å². The van der Waals surface area contributed by atoms with Crippen molar-refractivity contribution in [2.75, 3.05) is 12.9 Å². The fourth-order valence-corrected chi connectivity index (χ4v) is 1.42. The van der Waals surface area contributed by atoms with Gasteiger partial charge in [0.25, 0.3) is 0 Å². The Morgan fingerprint density at radius 1 is 1.56 bits per heavy atom. The first-order valence-electron chi connectivity index (χ1n) is 4.59. The Labute approximate surface area is 104 Å². The first-order chi connectivity index (χ1) is 7.46. The van der Waals surface area contributed by atoms with E-state index in [1.54, 1.807) is 13.8 Å². The van der Waals surface area contributed by atoms with Gasteiger partial charge in [-0.15, -0.1) is 0 Å². The van der Waals surface area contributed by atoms with Crippen LogP contribution in [0.2, 0.25) is 5.15 Å². The fraction of sp³-hybridized carbons (Fsp3) is 0.500. The molecule has 1 aromatic heterocycles. The molecule has 4 nitrogen and oxygen atoms in total. The monoisotopic (exact) mass is 257 g/mol. The fourth-order valence-electron chi connectivity index (χ4n) is 0.829. The third-order valence-electron chi connectivity index (χ3n) is 1.72. The van der Waals surface area contributed by atoms with E-state index in [4.69, 9.17) is 21.6 Å². The number of nitriles is 1. The molecule has 0 unspecified atom stereocenters. The number of aromatic nitrogens is 2. The van der Waals surface area contributed by atoms with Gasteiger partial charge in [-0.1, -0.05) is 23.4 Å². The number of hydrogen-bond donors (Lipinski definition) is 0. The molecule has 0 radical (unpaired) electrons. The van der Waals surface area contributed by atoms with Crippen molar-refractivity contribution in [3.05, 3.63) is 11.2 Å². The molecule has 0 saturated heterocycles. The summed E-state index contributed by atoms with van der Waals surface area (Å²) in [5.41, 5.74) is -0.545. The zero-order chi connectivity index (χ0) is 12.2. The lowest BCUT2D eigenvalue weighted by atomic mass is 9.98. The summed E-state index contributed by atoms with van der Waals surface area (Å²) < 4.78 is 5.41. The van der Waals surface area contributed by atoms with E-state index in [1.807, 2.05) is 6.26 Å². The maximum absolute atomic E-state index is 8.83. The van der Waals surface area contributed by atoms with Gasteiger partial charge < -0.3 is 4.74 Å². The van der Waals surface area contributed by atoms with E-state index in [2.05, 4.69) is 16.0 Å². The minimum atomic E-state index is -0.545. The Hall–Kier alpha value is -0.990. The largest absolute Gasteiger partial charge is 0.476 e. The van der Waals surface area contributed by atoms with Gasteiger partial charge in [-0.3, -0.25) is 0 Å². The van der Waals surface area contributed by atoms with Crippen molar-refractivity contribution in [3.63, 3.8) is 0 Å². The Morgan fingerprint density at radius 3 is 2.81 bits per heavy atom. The highest BCUT2D eigenvalue weighted by molar-refractivity contribution is 7.98. The van der Waals surface area contributed by atoms with Gasteiger partial charge in [0, 0.05) is 6.07 Å². The molecule has 6 heteroatoms. The smallest absolute Gasteiger partial charge is 0.218 e. The third kappa shape index (κ3) is 3.87. The van der Waals surface area contributed by atoms with Gasteiger partial charge in [0.05, 0.1) is 11.5 Å². The molecule has 0 spiro atoms. The van der Waals surface area contributed by atoms with Crippen LogP contribution in [-0.2, 0) is 0 Å². The topological polar surface area (TPSA) is 58.8 Å². The molecule has 0 saturated carbocycles. The molecule has 1 rings (SSSR count). The van der Waals surface area contributed by atoms with E-state index in [0.717, 1.165) is 0 Å². The second-order valence-electron chi connectivity index (χ2n) is 3.80. The molecule has 1 aromatic rings. The summed E-state index contributed by atoms with van der Waals surface area (Å²) in [6, 6.07) is 3.68. The molecule has 0 N–H and O–H groups in total. The maximum atomic E-state index is 8.83. The van der Waals surface area contributed by atoms with Crippen LogP contribution in [0.1, 0.15) is 13.8 Å². The number of rotatable bonds is 4. The number of thioether (sulfide) groups is 1. The lowest BCUT2D eigenvalue weighted by Gasteiger charge is -2.15. The summed E-state index contributed by atoms with van der Waals surface area (Å²) >= 11 is 7.19. The molecule has 0 aliphatic rings. The predicted molar refractivity (Wildman–Crippen MR) is 63.7 cm³/mol. The standard InChI is InChI=1S/C10H12ClN3OS/c1-10(2,5-12)6-15-8-4-7(11)13-9(14-8)16-3/h4H,6H2,1-3H3. The van der Waals surface area contributed by atoms with Gasteiger partial charge in [-0.05, 0) is 20.1 Å². The van der Waals surface area contributed by atoms with Crippen LogP contribution in [0.15, 0.2) is 11.2 Å². The van der Waals surface area contributed by atoms with Crippen molar-refractivity contribution >= 4 is 23.4 Å². The summed E-state index contributed by atoms with van der Waals surface area (Å²) in [4.78, 5) is 8.11. The highest BCUT2D eigenvalue weighted by Gasteiger charge is 2.18. The van der Waals surface area contributed by atoms with Crippen molar-refractivity contribution in [1.29, 1.82) is 5.26 Å². The average Bonchev–Trinajstić information content (AvgIpc) is 2.26. The average molecular weight is 258 g/mol. The SMILES string of the molecule is CSc1nc(Cl)cc(OCC(C)(C)C#N)n1. The number of nitrogens with zero attached hydrogens (tertiary/aromatic N) is 3. The Bertz CT molecular complexity index is 417. The second-order valence-corrected chi connectivity index (χ2v) is 4.96. The Kier molecular flexibility index (Phi) is 4.39. The molecular weight excluding hydrogens is 246 g/mol. The number of hydrogen-bond acceptors (Lipinski definition) is 5. The minimum absolute atomic E-state index is 0.269. The number of halogens is 1. The van der Waals surface area contributed by atoms with Crippen molar-refractivity contribution in [2.45, 2.75) is 19.0 Å². The molecule has 0 bridgehead atoms. The second kappa shape index (κ2) is 5.37. The Morgan fingerprint density at radius 2 is 2.25 bits per heavy atom. The maximum Gasteiger partial charge on any atom is 0.218 e. The van der Waals surface area contributed by atoms with Gasteiger partial charge in [0.2, 0.25) is 5.88 Å². The van der Waals surface area contributed by atoms with E-state index in [1.165, 1.54) is 17.8 Å². The van der Waals surface area contributed by atoms with Crippen LogP contribution < -0.4 is 4.74 Å². The first-order valence-corrected chi connectivity index (χ1v) is 6.20. The predicted octanol–water partition coefficient (Wildman–Crippen LogP) is 2.78. The highest BCUT2D eigenvalue weighted by atomic mass is 35.5. The van der Waals surface area contributed by atoms with Crippen LogP contribution in [0.25, 0.3) is 0 Å². The summed E-state index contributed by atoms with van der Waals surface area (Å²) in [5.74, 6) is 0.396. The van der Waals surface area contributed by atoms with Gasteiger partial charge in [-0.25, -0.2) is 4.98 Å². The molecular formula is C10H12ClN3OS. The lowest BCUT2D eigenvalue weighted by Crippen LogP contribution is -2.19. The van der Waals surface area contributed by atoms with Gasteiger partial charge >= 0.3 is 0 Å². The molecule has 0 atom stereocenters.